The van der Waals surface area contributed by atoms with Crippen LogP contribution in [0.1, 0.15) is 39.4 Å². The van der Waals surface area contributed by atoms with E-state index in [0.717, 1.165) is 5.56 Å². The van der Waals surface area contributed by atoms with Gasteiger partial charge in [-0.25, -0.2) is 4.68 Å². The smallest absolute Gasteiger partial charge is 0.273 e. The molecule has 0 radical (unpaired) electrons. The average Bonchev–Trinajstić information content (AvgIpc) is 3.23. The number of nitrogens with zero attached hydrogens (tertiary/aromatic N) is 4. The maximum Gasteiger partial charge on any atom is 0.273 e. The quantitative estimate of drug-likeness (QED) is 0.608. The lowest BCUT2D eigenvalue weighted by Gasteiger charge is -2.15. The van der Waals surface area contributed by atoms with E-state index >= 15 is 0 Å². The summed E-state index contributed by atoms with van der Waals surface area (Å²) in [5, 5.41) is 13.4. The lowest BCUT2D eigenvalue weighted by atomic mass is 10.1. The van der Waals surface area contributed by atoms with Gasteiger partial charge in [0.05, 0.1) is 12.2 Å². The van der Waals surface area contributed by atoms with Crippen molar-refractivity contribution < 1.29 is 14.4 Å². The van der Waals surface area contributed by atoms with Crippen LogP contribution in [0.15, 0.2) is 60.8 Å². The van der Waals surface area contributed by atoms with Gasteiger partial charge < -0.3 is 15.5 Å². The van der Waals surface area contributed by atoms with Gasteiger partial charge in [-0.2, -0.15) is 0 Å². The van der Waals surface area contributed by atoms with Crippen LogP contribution in [0.2, 0.25) is 0 Å². The normalized spacial score (nSPS) is 11.5. The van der Waals surface area contributed by atoms with E-state index in [4.69, 9.17) is 0 Å². The van der Waals surface area contributed by atoms with Gasteiger partial charge in [-0.3, -0.25) is 14.4 Å². The van der Waals surface area contributed by atoms with Crippen molar-refractivity contribution in [3.63, 3.8) is 0 Å². The molecule has 2 aromatic carbocycles. The second-order valence-electron chi connectivity index (χ2n) is 7.23. The monoisotopic (exact) mass is 420 g/mol. The first-order valence-electron chi connectivity index (χ1n) is 9.71. The van der Waals surface area contributed by atoms with E-state index in [-0.39, 0.29) is 30.1 Å². The predicted molar refractivity (Wildman–Crippen MR) is 115 cm³/mol. The molecule has 2 N–H and O–H groups in total. The van der Waals surface area contributed by atoms with Crippen LogP contribution in [0.5, 0.6) is 0 Å². The zero-order valence-electron chi connectivity index (χ0n) is 17.6. The summed E-state index contributed by atoms with van der Waals surface area (Å²) >= 11 is 0. The second-order valence-corrected chi connectivity index (χ2v) is 7.23. The molecule has 1 heterocycles. The molecule has 0 bridgehead atoms. The highest BCUT2D eigenvalue weighted by atomic mass is 16.2. The Morgan fingerprint density at radius 1 is 1.03 bits per heavy atom. The Kier molecular flexibility index (Phi) is 6.76. The summed E-state index contributed by atoms with van der Waals surface area (Å²) in [4.78, 5) is 38.1. The lowest BCUT2D eigenvalue weighted by molar-refractivity contribution is -0.129. The summed E-state index contributed by atoms with van der Waals surface area (Å²) in [6.07, 6.45) is 1.43. The number of benzene rings is 2. The maximum atomic E-state index is 12.5. The van der Waals surface area contributed by atoms with Gasteiger partial charge in [-0.1, -0.05) is 35.5 Å². The van der Waals surface area contributed by atoms with E-state index in [1.807, 2.05) is 25.1 Å². The van der Waals surface area contributed by atoms with Crippen LogP contribution in [-0.4, -0.2) is 51.7 Å². The number of nitrogens with one attached hydrogen (secondary N) is 2. The summed E-state index contributed by atoms with van der Waals surface area (Å²) in [5.74, 6) is -0.771. The zero-order chi connectivity index (χ0) is 22.4. The Hall–Kier alpha value is -4.01. The number of anilines is 1. The Morgan fingerprint density at radius 2 is 1.77 bits per heavy atom. The number of hydrogen-bond donors (Lipinski definition) is 2. The van der Waals surface area contributed by atoms with E-state index in [1.54, 1.807) is 50.5 Å². The largest absolute Gasteiger partial charge is 0.347 e. The van der Waals surface area contributed by atoms with Crippen molar-refractivity contribution in [2.75, 3.05) is 19.4 Å². The average molecular weight is 420 g/mol. The minimum Gasteiger partial charge on any atom is -0.347 e. The molecule has 9 heteroatoms. The van der Waals surface area contributed by atoms with Crippen molar-refractivity contribution in [1.82, 2.24) is 25.2 Å². The highest BCUT2D eigenvalue weighted by Gasteiger charge is 2.16. The first-order valence-corrected chi connectivity index (χ1v) is 9.71. The Labute approximate surface area is 180 Å². The molecule has 3 rings (SSSR count). The number of carbonyl (C=O) groups is 3. The van der Waals surface area contributed by atoms with Gasteiger partial charge in [-0.05, 0) is 36.8 Å². The summed E-state index contributed by atoms with van der Waals surface area (Å²) < 4.78 is 1.32. The van der Waals surface area contributed by atoms with Gasteiger partial charge in [0.25, 0.3) is 11.8 Å². The van der Waals surface area contributed by atoms with Crippen LogP contribution >= 0.6 is 0 Å². The fourth-order valence-corrected chi connectivity index (χ4v) is 2.79. The topological polar surface area (TPSA) is 109 Å². The summed E-state index contributed by atoms with van der Waals surface area (Å²) in [5.41, 5.74) is 2.12. The molecule has 3 amide bonds. The van der Waals surface area contributed by atoms with Crippen LogP contribution in [0.4, 0.5) is 5.69 Å². The summed E-state index contributed by atoms with van der Waals surface area (Å²) in [7, 11) is 3.29. The molecule has 1 atom stereocenters. The molecule has 0 aliphatic carbocycles. The van der Waals surface area contributed by atoms with Gasteiger partial charge in [0, 0.05) is 25.3 Å². The molecular formula is C22H24N6O3. The highest BCUT2D eigenvalue weighted by molar-refractivity contribution is 6.04. The first-order chi connectivity index (χ1) is 14.8. The molecule has 1 unspecified atom stereocenters. The molecule has 0 saturated heterocycles. The van der Waals surface area contributed by atoms with Crippen molar-refractivity contribution >= 4 is 23.4 Å². The SMILES string of the molecule is CC(NC(=O)c1cn(CC(=O)N(C)C)nn1)c1cccc(NC(=O)c2ccccc2)c1. The third kappa shape index (κ3) is 5.75. The summed E-state index contributed by atoms with van der Waals surface area (Å²) in [6.45, 7) is 1.84. The number of likely N-dealkylation sites (N-methyl/N-ethyl adjacent to an activating group) is 1. The van der Waals surface area contributed by atoms with Gasteiger partial charge in [0.2, 0.25) is 5.91 Å². The molecule has 0 saturated carbocycles. The number of amides is 3. The molecule has 0 fully saturated rings. The van der Waals surface area contributed by atoms with Crippen LogP contribution in [0.3, 0.4) is 0 Å². The van der Waals surface area contributed by atoms with Crippen molar-refractivity contribution in [1.29, 1.82) is 0 Å². The molecule has 3 aromatic rings. The van der Waals surface area contributed by atoms with Gasteiger partial charge >= 0.3 is 0 Å². The molecule has 160 valence electrons. The van der Waals surface area contributed by atoms with Gasteiger partial charge in [0.1, 0.15) is 6.54 Å². The van der Waals surface area contributed by atoms with Crippen molar-refractivity contribution in [3.05, 3.63) is 77.6 Å². The lowest BCUT2D eigenvalue weighted by Crippen LogP contribution is -2.27. The first kappa shape index (κ1) is 21.7. The number of hydrogen-bond acceptors (Lipinski definition) is 5. The Bertz CT molecular complexity index is 1080. The fourth-order valence-electron chi connectivity index (χ4n) is 2.79. The van der Waals surface area contributed by atoms with Gasteiger partial charge in [0.15, 0.2) is 5.69 Å². The van der Waals surface area contributed by atoms with Crippen molar-refractivity contribution in [2.45, 2.75) is 19.5 Å². The van der Waals surface area contributed by atoms with E-state index in [1.165, 1.54) is 15.8 Å². The molecule has 0 spiro atoms. The van der Waals surface area contributed by atoms with Crippen LogP contribution in [0.25, 0.3) is 0 Å². The van der Waals surface area contributed by atoms with Gasteiger partial charge in [-0.15, -0.1) is 5.10 Å². The Morgan fingerprint density at radius 3 is 2.48 bits per heavy atom. The standard InChI is InChI=1S/C22H24N6O3/c1-15(23-22(31)19-13-28(26-25-19)14-20(29)27(2)3)17-10-7-11-18(12-17)24-21(30)16-8-5-4-6-9-16/h4-13,15H,14H2,1-3H3,(H,23,31)(H,24,30). The molecule has 9 nitrogen and oxygen atoms in total. The molecule has 0 aliphatic heterocycles. The summed E-state index contributed by atoms with van der Waals surface area (Å²) in [6, 6.07) is 15.8. The third-order valence-corrected chi connectivity index (χ3v) is 4.60. The van der Waals surface area contributed by atoms with Crippen molar-refractivity contribution in [3.8, 4) is 0 Å². The molecule has 31 heavy (non-hydrogen) atoms. The van der Waals surface area contributed by atoms with Crippen molar-refractivity contribution in [2.24, 2.45) is 0 Å². The fraction of sp³-hybridized carbons (Fsp3) is 0.227. The van der Waals surface area contributed by atoms with E-state index in [0.29, 0.717) is 11.3 Å². The second kappa shape index (κ2) is 9.66. The molecule has 1 aromatic heterocycles. The zero-order valence-corrected chi connectivity index (χ0v) is 17.6. The van der Waals surface area contributed by atoms with E-state index < -0.39 is 5.91 Å². The molecular weight excluding hydrogens is 396 g/mol. The highest BCUT2D eigenvalue weighted by Crippen LogP contribution is 2.18. The third-order valence-electron chi connectivity index (χ3n) is 4.60. The maximum absolute atomic E-state index is 12.5. The van der Waals surface area contributed by atoms with E-state index in [2.05, 4.69) is 20.9 Å². The van der Waals surface area contributed by atoms with Crippen LogP contribution in [-0.2, 0) is 11.3 Å². The number of rotatable bonds is 7. The van der Waals surface area contributed by atoms with Crippen LogP contribution < -0.4 is 10.6 Å². The minimum atomic E-state index is -0.408. The molecule has 0 aliphatic rings. The predicted octanol–water partition coefficient (Wildman–Crippen LogP) is 2.11. The number of carbonyl (C=O) groups excluding carboxylic acids is 3. The minimum absolute atomic E-state index is 0.00594. The van der Waals surface area contributed by atoms with Crippen LogP contribution in [0, 0.1) is 0 Å². The number of aromatic nitrogens is 3. The Balaban J connectivity index is 1.63. The van der Waals surface area contributed by atoms with E-state index in [9.17, 15) is 14.4 Å².